The van der Waals surface area contributed by atoms with E-state index < -0.39 is 15.1 Å². The van der Waals surface area contributed by atoms with Crippen molar-refractivity contribution >= 4 is 15.7 Å². The second-order valence-corrected chi connectivity index (χ2v) is 6.38. The van der Waals surface area contributed by atoms with Crippen LogP contribution in [-0.4, -0.2) is 42.8 Å². The van der Waals surface area contributed by atoms with E-state index in [1.165, 1.54) is 0 Å². The van der Waals surface area contributed by atoms with Crippen LogP contribution in [-0.2, 0) is 14.6 Å². The third-order valence-electron chi connectivity index (χ3n) is 3.21. The molecule has 14 heavy (non-hydrogen) atoms. The van der Waals surface area contributed by atoms with Crippen LogP contribution >= 0.6 is 0 Å². The SMILES string of the molecule is CCS(=O)(=O)[C@@H]1C(=O)N2CCCC[C@@H]12. The van der Waals surface area contributed by atoms with Gasteiger partial charge in [-0.3, -0.25) is 4.79 Å². The van der Waals surface area contributed by atoms with E-state index in [9.17, 15) is 13.2 Å². The predicted molar refractivity (Wildman–Crippen MR) is 52.6 cm³/mol. The molecule has 1 amide bonds. The second-order valence-electron chi connectivity index (χ2n) is 3.97. The van der Waals surface area contributed by atoms with Gasteiger partial charge >= 0.3 is 0 Å². The monoisotopic (exact) mass is 217 g/mol. The molecule has 5 heteroatoms. The smallest absolute Gasteiger partial charge is 0.243 e. The summed E-state index contributed by atoms with van der Waals surface area (Å²) in [5.74, 6) is -0.0927. The van der Waals surface area contributed by atoms with Gasteiger partial charge in [0.25, 0.3) is 0 Å². The number of amides is 1. The molecular formula is C9H15NO3S. The highest BCUT2D eigenvalue weighted by molar-refractivity contribution is 7.92. The average molecular weight is 217 g/mol. The number of piperidine rings is 1. The van der Waals surface area contributed by atoms with Gasteiger partial charge in [-0.05, 0) is 19.3 Å². The zero-order chi connectivity index (χ0) is 10.3. The van der Waals surface area contributed by atoms with Crippen LogP contribution in [0.1, 0.15) is 26.2 Å². The summed E-state index contributed by atoms with van der Waals surface area (Å²) in [5.41, 5.74) is 0. The molecule has 2 rings (SSSR count). The first-order valence-corrected chi connectivity index (χ1v) is 6.81. The van der Waals surface area contributed by atoms with Crippen molar-refractivity contribution in [2.45, 2.75) is 37.5 Å². The Kier molecular flexibility index (Phi) is 2.29. The van der Waals surface area contributed by atoms with Crippen LogP contribution in [0.15, 0.2) is 0 Å². The lowest BCUT2D eigenvalue weighted by Crippen LogP contribution is -2.68. The number of carbonyl (C=O) groups excluding carboxylic acids is 1. The maximum absolute atomic E-state index is 11.6. The Bertz CT molecular complexity index is 349. The van der Waals surface area contributed by atoms with E-state index in [0.29, 0.717) is 0 Å². The number of sulfone groups is 1. The molecule has 2 aliphatic rings. The summed E-state index contributed by atoms with van der Waals surface area (Å²) in [6, 6.07) is -0.0128. The molecule has 0 aliphatic carbocycles. The van der Waals surface area contributed by atoms with Crippen LogP contribution in [0.25, 0.3) is 0 Å². The fourth-order valence-corrected chi connectivity index (χ4v) is 3.93. The molecule has 0 aromatic rings. The van der Waals surface area contributed by atoms with Gasteiger partial charge in [-0.25, -0.2) is 8.42 Å². The zero-order valence-corrected chi connectivity index (χ0v) is 9.09. The lowest BCUT2D eigenvalue weighted by atomic mass is 9.91. The zero-order valence-electron chi connectivity index (χ0n) is 8.27. The van der Waals surface area contributed by atoms with Crippen LogP contribution in [0.2, 0.25) is 0 Å². The van der Waals surface area contributed by atoms with Crippen LogP contribution in [0, 0.1) is 0 Å². The Labute approximate surface area is 84.2 Å². The molecule has 2 aliphatic heterocycles. The van der Waals surface area contributed by atoms with Crippen LogP contribution < -0.4 is 0 Å². The highest BCUT2D eigenvalue weighted by Crippen LogP contribution is 2.33. The number of hydrogen-bond acceptors (Lipinski definition) is 3. The molecule has 2 heterocycles. The quantitative estimate of drug-likeness (QED) is 0.620. The van der Waals surface area contributed by atoms with Gasteiger partial charge in [0.05, 0.1) is 6.04 Å². The Hall–Kier alpha value is -0.580. The van der Waals surface area contributed by atoms with Gasteiger partial charge in [-0.15, -0.1) is 0 Å². The van der Waals surface area contributed by atoms with Crippen molar-refractivity contribution in [2.75, 3.05) is 12.3 Å². The van der Waals surface area contributed by atoms with Crippen LogP contribution in [0.4, 0.5) is 0 Å². The highest BCUT2D eigenvalue weighted by atomic mass is 32.2. The van der Waals surface area contributed by atoms with Gasteiger partial charge in [0.15, 0.2) is 15.1 Å². The molecule has 4 nitrogen and oxygen atoms in total. The van der Waals surface area contributed by atoms with Crippen molar-refractivity contribution in [1.82, 2.24) is 4.90 Å². The molecular weight excluding hydrogens is 202 g/mol. The molecule has 2 atom stereocenters. The largest absolute Gasteiger partial charge is 0.337 e. The first-order chi connectivity index (χ1) is 6.58. The summed E-state index contributed by atoms with van der Waals surface area (Å²) in [6.07, 6.45) is 2.92. The summed E-state index contributed by atoms with van der Waals surface area (Å²) in [6.45, 7) is 2.35. The summed E-state index contributed by atoms with van der Waals surface area (Å²) in [7, 11) is -3.17. The van der Waals surface area contributed by atoms with Crippen LogP contribution in [0.3, 0.4) is 0 Å². The molecule has 0 aromatic heterocycles. The normalized spacial score (nSPS) is 32.4. The maximum Gasteiger partial charge on any atom is 0.243 e. The van der Waals surface area contributed by atoms with E-state index in [0.717, 1.165) is 25.8 Å². The van der Waals surface area contributed by atoms with Gasteiger partial charge in [0, 0.05) is 12.3 Å². The number of nitrogens with zero attached hydrogens (tertiary/aromatic N) is 1. The Morgan fingerprint density at radius 2 is 2.14 bits per heavy atom. The first kappa shape index (κ1) is 9.96. The van der Waals surface area contributed by atoms with E-state index in [2.05, 4.69) is 0 Å². The Balaban J connectivity index is 2.19. The third kappa shape index (κ3) is 1.26. The number of hydrogen-bond donors (Lipinski definition) is 0. The molecule has 0 aromatic carbocycles. The van der Waals surface area contributed by atoms with Crippen molar-refractivity contribution < 1.29 is 13.2 Å². The number of carbonyl (C=O) groups is 1. The van der Waals surface area contributed by atoms with E-state index in [1.54, 1.807) is 11.8 Å². The molecule has 2 saturated heterocycles. The highest BCUT2D eigenvalue weighted by Gasteiger charge is 2.53. The van der Waals surface area contributed by atoms with Gasteiger partial charge < -0.3 is 4.90 Å². The fraction of sp³-hybridized carbons (Fsp3) is 0.889. The lowest BCUT2D eigenvalue weighted by Gasteiger charge is -2.49. The van der Waals surface area contributed by atoms with Crippen molar-refractivity contribution in [2.24, 2.45) is 0 Å². The fourth-order valence-electron chi connectivity index (χ4n) is 2.36. The van der Waals surface area contributed by atoms with Gasteiger partial charge in [0.1, 0.15) is 0 Å². The van der Waals surface area contributed by atoms with E-state index >= 15 is 0 Å². The number of β-lactam (4-membered cyclic amide) rings is 1. The molecule has 0 spiro atoms. The molecule has 0 unspecified atom stereocenters. The molecule has 2 fully saturated rings. The van der Waals surface area contributed by atoms with Crippen molar-refractivity contribution in [3.05, 3.63) is 0 Å². The minimum absolute atomic E-state index is 0.0128. The van der Waals surface area contributed by atoms with Gasteiger partial charge in [-0.1, -0.05) is 6.92 Å². The van der Waals surface area contributed by atoms with Crippen LogP contribution in [0.5, 0.6) is 0 Å². The van der Waals surface area contributed by atoms with E-state index in [-0.39, 0.29) is 17.7 Å². The minimum atomic E-state index is -3.17. The van der Waals surface area contributed by atoms with Gasteiger partial charge in [0.2, 0.25) is 5.91 Å². The topological polar surface area (TPSA) is 54.5 Å². The standard InChI is InChI=1S/C9H15NO3S/c1-2-14(12,13)8-7-5-3-4-6-10(7)9(8)11/h7-8H,2-6H2,1H3/t7-,8-/m0/s1. The molecule has 0 bridgehead atoms. The number of fused-ring (bicyclic) bond motifs is 1. The van der Waals surface area contributed by atoms with Crippen molar-refractivity contribution in [3.63, 3.8) is 0 Å². The molecule has 80 valence electrons. The Morgan fingerprint density at radius 1 is 1.43 bits per heavy atom. The third-order valence-corrected chi connectivity index (χ3v) is 5.31. The van der Waals surface area contributed by atoms with E-state index in [1.807, 2.05) is 0 Å². The summed E-state index contributed by atoms with van der Waals surface area (Å²) in [4.78, 5) is 13.3. The first-order valence-electron chi connectivity index (χ1n) is 5.10. The lowest BCUT2D eigenvalue weighted by molar-refractivity contribution is -0.147. The predicted octanol–water partition coefficient (Wildman–Crippen LogP) is 0.184. The van der Waals surface area contributed by atoms with E-state index in [4.69, 9.17) is 0 Å². The summed E-state index contributed by atoms with van der Waals surface area (Å²) in [5, 5.41) is -0.715. The Morgan fingerprint density at radius 3 is 2.79 bits per heavy atom. The second kappa shape index (κ2) is 3.22. The molecule has 0 saturated carbocycles. The summed E-state index contributed by atoms with van der Waals surface area (Å²) >= 11 is 0. The summed E-state index contributed by atoms with van der Waals surface area (Å²) < 4.78 is 23.2. The van der Waals surface area contributed by atoms with Crippen molar-refractivity contribution in [1.29, 1.82) is 0 Å². The molecule has 0 radical (unpaired) electrons. The van der Waals surface area contributed by atoms with Gasteiger partial charge in [-0.2, -0.15) is 0 Å². The number of rotatable bonds is 2. The average Bonchev–Trinajstić information content (AvgIpc) is 2.17. The maximum atomic E-state index is 11.6. The molecule has 0 N–H and O–H groups in total. The van der Waals surface area contributed by atoms with Crippen molar-refractivity contribution in [3.8, 4) is 0 Å². The minimum Gasteiger partial charge on any atom is -0.337 e.